The first-order chi connectivity index (χ1) is 14.9. The number of ketones is 1. The van der Waals surface area contributed by atoms with Crippen molar-refractivity contribution >= 4 is 23.1 Å². The maximum absolute atomic E-state index is 13.8. The molecular weight excluding hydrogens is 443 g/mol. The Hall–Kier alpha value is -2.97. The number of para-hydroxylation sites is 1. The van der Waals surface area contributed by atoms with E-state index in [1.807, 2.05) is 0 Å². The van der Waals surface area contributed by atoms with Crippen LogP contribution in [0.5, 0.6) is 0 Å². The van der Waals surface area contributed by atoms with Crippen LogP contribution in [0.1, 0.15) is 51.2 Å². The third-order valence-corrected chi connectivity index (χ3v) is 5.35. The van der Waals surface area contributed by atoms with Crippen molar-refractivity contribution in [2.24, 2.45) is 5.41 Å². The van der Waals surface area contributed by atoms with Gasteiger partial charge in [0.15, 0.2) is 0 Å². The summed E-state index contributed by atoms with van der Waals surface area (Å²) < 4.78 is 64.6. The first-order valence-electron chi connectivity index (χ1n) is 10.1. The fourth-order valence-electron chi connectivity index (χ4n) is 3.50. The van der Waals surface area contributed by atoms with Crippen LogP contribution in [0.25, 0.3) is 0 Å². The van der Waals surface area contributed by atoms with Crippen molar-refractivity contribution in [3.63, 3.8) is 0 Å². The van der Waals surface area contributed by atoms with Gasteiger partial charge in [-0.1, -0.05) is 37.8 Å². The number of halogens is 5. The molecule has 0 radical (unpaired) electrons. The SMILES string of the molecule is C.CC(F)(F)c1ccccc1Nc1ccc(CNC(=O)C2(CC(=O)CC(F)(F)F)CC2)cc1. The largest absolute Gasteiger partial charge is 0.395 e. The van der Waals surface area contributed by atoms with Gasteiger partial charge in [-0.2, -0.15) is 13.2 Å². The minimum Gasteiger partial charge on any atom is -0.355 e. The summed E-state index contributed by atoms with van der Waals surface area (Å²) in [6.07, 6.45) is -5.75. The lowest BCUT2D eigenvalue weighted by Crippen LogP contribution is -2.33. The van der Waals surface area contributed by atoms with E-state index in [-0.39, 0.29) is 25.2 Å². The van der Waals surface area contributed by atoms with Gasteiger partial charge in [-0.05, 0) is 36.6 Å². The number of carbonyl (C=O) groups is 2. The van der Waals surface area contributed by atoms with Crippen LogP contribution >= 0.6 is 0 Å². The first-order valence-corrected chi connectivity index (χ1v) is 10.1. The van der Waals surface area contributed by atoms with Crippen LogP contribution in [0.4, 0.5) is 33.3 Å². The minimum absolute atomic E-state index is 0. The smallest absolute Gasteiger partial charge is 0.355 e. The van der Waals surface area contributed by atoms with E-state index in [0.717, 1.165) is 12.5 Å². The van der Waals surface area contributed by atoms with Gasteiger partial charge in [-0.25, -0.2) is 8.78 Å². The number of hydrogen-bond donors (Lipinski definition) is 2. The van der Waals surface area contributed by atoms with Gasteiger partial charge in [0.05, 0.1) is 5.41 Å². The van der Waals surface area contributed by atoms with E-state index >= 15 is 0 Å². The third-order valence-electron chi connectivity index (χ3n) is 5.35. The summed E-state index contributed by atoms with van der Waals surface area (Å²) in [4.78, 5) is 24.0. The molecule has 1 fully saturated rings. The summed E-state index contributed by atoms with van der Waals surface area (Å²) in [5.41, 5.74) is 0.397. The van der Waals surface area contributed by atoms with Crippen molar-refractivity contribution in [2.45, 2.75) is 58.7 Å². The highest BCUT2D eigenvalue weighted by Crippen LogP contribution is 2.49. The van der Waals surface area contributed by atoms with Crippen molar-refractivity contribution in [3.8, 4) is 0 Å². The number of anilines is 2. The molecule has 1 aliphatic rings. The maximum atomic E-state index is 13.8. The molecule has 1 saturated carbocycles. The van der Waals surface area contributed by atoms with E-state index in [0.29, 0.717) is 18.5 Å². The van der Waals surface area contributed by atoms with E-state index in [1.54, 1.807) is 36.4 Å². The second-order valence-corrected chi connectivity index (χ2v) is 8.23. The molecule has 9 heteroatoms. The predicted octanol–water partition coefficient (Wildman–Crippen LogP) is 6.49. The zero-order valence-corrected chi connectivity index (χ0v) is 17.4. The molecule has 0 spiro atoms. The maximum Gasteiger partial charge on any atom is 0.395 e. The molecule has 180 valence electrons. The van der Waals surface area contributed by atoms with E-state index in [4.69, 9.17) is 0 Å². The van der Waals surface area contributed by atoms with Crippen LogP contribution in [0, 0.1) is 5.41 Å². The van der Waals surface area contributed by atoms with Gasteiger partial charge >= 0.3 is 6.18 Å². The summed E-state index contributed by atoms with van der Waals surface area (Å²) in [6, 6.07) is 12.8. The molecule has 0 bridgehead atoms. The Kier molecular flexibility index (Phi) is 7.87. The van der Waals surface area contributed by atoms with Gasteiger partial charge in [-0.15, -0.1) is 0 Å². The Balaban J connectivity index is 0.00000385. The van der Waals surface area contributed by atoms with Gasteiger partial charge in [0.1, 0.15) is 12.2 Å². The second kappa shape index (κ2) is 9.89. The lowest BCUT2D eigenvalue weighted by atomic mass is 9.96. The summed E-state index contributed by atoms with van der Waals surface area (Å²) in [5, 5.41) is 5.62. The Labute approximate surface area is 189 Å². The highest BCUT2D eigenvalue weighted by Gasteiger charge is 2.51. The Morgan fingerprint density at radius 3 is 2.12 bits per heavy atom. The van der Waals surface area contributed by atoms with Crippen LogP contribution in [0.3, 0.4) is 0 Å². The number of rotatable bonds is 9. The van der Waals surface area contributed by atoms with Crippen molar-refractivity contribution in [1.29, 1.82) is 0 Å². The van der Waals surface area contributed by atoms with Crippen LogP contribution in [-0.4, -0.2) is 17.9 Å². The Morgan fingerprint density at radius 1 is 0.970 bits per heavy atom. The number of amides is 1. The predicted molar refractivity (Wildman–Crippen MR) is 116 cm³/mol. The van der Waals surface area contributed by atoms with Gasteiger partial charge in [0.2, 0.25) is 5.91 Å². The molecule has 0 atom stereocenters. The van der Waals surface area contributed by atoms with Crippen molar-refractivity contribution in [1.82, 2.24) is 5.32 Å². The number of hydrogen-bond acceptors (Lipinski definition) is 3. The van der Waals surface area contributed by atoms with Crippen molar-refractivity contribution < 1.29 is 31.5 Å². The van der Waals surface area contributed by atoms with E-state index < -0.39 is 42.0 Å². The number of alkyl halides is 5. The standard InChI is InChI=1S/C23H23F5N2O2.CH4/c1-21(24,25)18-4-2-3-5-19(18)30-16-8-6-15(7-9-16)14-29-20(32)22(10-11-22)12-17(31)13-23(26,27)28;/h2-9,30H,10-14H2,1H3,(H,29,32);1H4. The normalized spacial score (nSPS) is 14.7. The molecule has 0 heterocycles. The molecule has 2 N–H and O–H groups in total. The number of carbonyl (C=O) groups excluding carboxylic acids is 2. The molecular formula is C24H27F5N2O2. The molecule has 4 nitrogen and oxygen atoms in total. The molecule has 33 heavy (non-hydrogen) atoms. The topological polar surface area (TPSA) is 58.2 Å². The quantitative estimate of drug-likeness (QED) is 0.412. The molecule has 0 unspecified atom stereocenters. The van der Waals surface area contributed by atoms with Crippen LogP contribution < -0.4 is 10.6 Å². The average molecular weight is 470 g/mol. The zero-order chi connectivity index (χ0) is 23.6. The molecule has 1 aliphatic carbocycles. The molecule has 2 aromatic rings. The summed E-state index contributed by atoms with van der Waals surface area (Å²) in [7, 11) is 0. The van der Waals surface area contributed by atoms with E-state index in [2.05, 4.69) is 10.6 Å². The molecule has 1 amide bonds. The van der Waals surface area contributed by atoms with Crippen LogP contribution in [0.15, 0.2) is 48.5 Å². The number of nitrogens with one attached hydrogen (secondary N) is 2. The second-order valence-electron chi connectivity index (χ2n) is 8.23. The van der Waals surface area contributed by atoms with Crippen LogP contribution in [0.2, 0.25) is 0 Å². The molecule has 0 saturated heterocycles. The summed E-state index contributed by atoms with van der Waals surface area (Å²) in [6.45, 7) is 0.959. The van der Waals surface area contributed by atoms with Crippen LogP contribution in [-0.2, 0) is 22.1 Å². The zero-order valence-electron chi connectivity index (χ0n) is 17.4. The van der Waals surface area contributed by atoms with Gasteiger partial charge < -0.3 is 10.6 Å². The first kappa shape index (κ1) is 26.3. The van der Waals surface area contributed by atoms with E-state index in [9.17, 15) is 31.5 Å². The fourth-order valence-corrected chi connectivity index (χ4v) is 3.50. The lowest BCUT2D eigenvalue weighted by molar-refractivity contribution is -0.154. The van der Waals surface area contributed by atoms with Gasteiger partial charge in [-0.3, -0.25) is 9.59 Å². The summed E-state index contributed by atoms with van der Waals surface area (Å²) >= 11 is 0. The molecule has 0 aromatic heterocycles. The summed E-state index contributed by atoms with van der Waals surface area (Å²) in [5.74, 6) is -4.43. The Morgan fingerprint density at radius 2 is 1.58 bits per heavy atom. The molecule has 0 aliphatic heterocycles. The number of Topliss-reactive ketones (excluding diaryl/α,β-unsaturated/α-hetero) is 1. The van der Waals surface area contributed by atoms with Crippen molar-refractivity contribution in [3.05, 3.63) is 59.7 Å². The number of benzene rings is 2. The molecule has 2 aromatic carbocycles. The Bertz CT molecular complexity index is 978. The molecule has 3 rings (SSSR count). The fraction of sp³-hybridized carbons (Fsp3) is 0.417. The average Bonchev–Trinajstić information content (AvgIpc) is 3.46. The van der Waals surface area contributed by atoms with Crippen molar-refractivity contribution in [2.75, 3.05) is 5.32 Å². The van der Waals surface area contributed by atoms with E-state index in [1.165, 1.54) is 12.1 Å². The lowest BCUT2D eigenvalue weighted by Gasteiger charge is -2.17. The highest BCUT2D eigenvalue weighted by molar-refractivity contribution is 5.92. The highest BCUT2D eigenvalue weighted by atomic mass is 19.4. The minimum atomic E-state index is -4.58. The van der Waals surface area contributed by atoms with Gasteiger partial charge in [0.25, 0.3) is 5.92 Å². The monoisotopic (exact) mass is 470 g/mol. The van der Waals surface area contributed by atoms with Gasteiger partial charge in [0, 0.05) is 36.8 Å². The third kappa shape index (κ3) is 7.27.